The second-order valence-electron chi connectivity index (χ2n) is 5.73. The molecule has 2 aliphatic heterocycles. The first-order chi connectivity index (χ1) is 10.2. The van der Waals surface area contributed by atoms with E-state index >= 15 is 0 Å². The first-order valence-electron chi connectivity index (χ1n) is 7.38. The highest BCUT2D eigenvalue weighted by molar-refractivity contribution is 6.33. The van der Waals surface area contributed by atoms with Gasteiger partial charge in [-0.05, 0) is 32.2 Å². The summed E-state index contributed by atoms with van der Waals surface area (Å²) >= 11 is 6.13. The summed E-state index contributed by atoms with van der Waals surface area (Å²) in [6.07, 6.45) is 11.4. The highest BCUT2D eigenvalue weighted by Crippen LogP contribution is 2.29. The fourth-order valence-electron chi connectivity index (χ4n) is 3.36. The topological polar surface area (TPSA) is 50.2 Å². The smallest absolute Gasteiger partial charge is 0.292 e. The molecule has 1 aromatic heterocycles. The van der Waals surface area contributed by atoms with Crippen molar-refractivity contribution in [2.75, 3.05) is 18.4 Å². The third kappa shape index (κ3) is 2.92. The molecular weight excluding hydrogens is 288 g/mol. The zero-order valence-corrected chi connectivity index (χ0v) is 12.6. The number of rotatable bonds is 3. The van der Waals surface area contributed by atoms with Gasteiger partial charge in [0.15, 0.2) is 0 Å². The van der Waals surface area contributed by atoms with Crippen LogP contribution in [0.2, 0.25) is 5.02 Å². The molecule has 2 unspecified atom stereocenters. The number of piperidine rings is 1. The Labute approximate surface area is 129 Å². The van der Waals surface area contributed by atoms with Gasteiger partial charge < -0.3 is 10.2 Å². The molecule has 112 valence electrons. The number of anilines is 1. The minimum atomic E-state index is -0.241. The first kappa shape index (κ1) is 14.4. The van der Waals surface area contributed by atoms with Crippen LogP contribution in [-0.4, -0.2) is 39.9 Å². The van der Waals surface area contributed by atoms with Crippen LogP contribution in [0.15, 0.2) is 11.0 Å². The third-order valence-corrected chi connectivity index (χ3v) is 4.69. The van der Waals surface area contributed by atoms with E-state index in [0.29, 0.717) is 16.8 Å². The van der Waals surface area contributed by atoms with Crippen LogP contribution in [0.4, 0.5) is 5.69 Å². The van der Waals surface area contributed by atoms with E-state index in [0.717, 1.165) is 19.4 Å². The van der Waals surface area contributed by atoms with E-state index < -0.39 is 0 Å². The van der Waals surface area contributed by atoms with Crippen molar-refractivity contribution in [1.82, 2.24) is 14.7 Å². The normalized spacial score (nSPS) is 25.3. The van der Waals surface area contributed by atoms with E-state index in [-0.39, 0.29) is 18.1 Å². The molecule has 2 aliphatic rings. The van der Waals surface area contributed by atoms with Crippen LogP contribution in [0.1, 0.15) is 25.7 Å². The van der Waals surface area contributed by atoms with Gasteiger partial charge in [0.1, 0.15) is 12.2 Å². The van der Waals surface area contributed by atoms with Gasteiger partial charge in [-0.15, -0.1) is 6.42 Å². The number of hydrogen-bond donors (Lipinski definition) is 1. The molecule has 0 aliphatic carbocycles. The number of fused-ring (bicyclic) bond motifs is 1. The van der Waals surface area contributed by atoms with Crippen LogP contribution < -0.4 is 10.9 Å². The lowest BCUT2D eigenvalue weighted by Gasteiger charge is -2.35. The van der Waals surface area contributed by atoms with Gasteiger partial charge in [-0.2, -0.15) is 5.10 Å². The molecule has 5 nitrogen and oxygen atoms in total. The predicted octanol–water partition coefficient (Wildman–Crippen LogP) is 1.57. The molecule has 0 radical (unpaired) electrons. The van der Waals surface area contributed by atoms with Gasteiger partial charge in [0.25, 0.3) is 5.56 Å². The molecule has 0 saturated carbocycles. The quantitative estimate of drug-likeness (QED) is 0.861. The van der Waals surface area contributed by atoms with Crippen molar-refractivity contribution in [1.29, 1.82) is 0 Å². The Morgan fingerprint density at radius 1 is 1.48 bits per heavy atom. The van der Waals surface area contributed by atoms with Crippen LogP contribution in [0.25, 0.3) is 0 Å². The van der Waals surface area contributed by atoms with Crippen LogP contribution >= 0.6 is 11.6 Å². The number of halogens is 1. The molecule has 0 bridgehead atoms. The van der Waals surface area contributed by atoms with Crippen LogP contribution in [0.5, 0.6) is 0 Å². The maximum atomic E-state index is 12.3. The van der Waals surface area contributed by atoms with Gasteiger partial charge in [0, 0.05) is 18.6 Å². The molecule has 1 N–H and O–H groups in total. The third-order valence-electron chi connectivity index (χ3n) is 4.41. The van der Waals surface area contributed by atoms with Gasteiger partial charge in [0.05, 0.1) is 11.2 Å². The fourth-order valence-corrected chi connectivity index (χ4v) is 3.54. The predicted molar refractivity (Wildman–Crippen MR) is 83.6 cm³/mol. The van der Waals surface area contributed by atoms with E-state index in [1.54, 1.807) is 0 Å². The average Bonchev–Trinajstić information content (AvgIpc) is 2.94. The number of hydrogen-bond acceptors (Lipinski definition) is 4. The SMILES string of the molecule is C#CCn1ncc(Cl)c(NC2CCN3CCCC3C2)c1=O. The second kappa shape index (κ2) is 6.08. The lowest BCUT2D eigenvalue weighted by molar-refractivity contribution is 0.188. The molecule has 0 aromatic carbocycles. The number of nitrogens with zero attached hydrogens (tertiary/aromatic N) is 3. The molecule has 2 atom stereocenters. The van der Waals surface area contributed by atoms with Crippen LogP contribution in [0.3, 0.4) is 0 Å². The van der Waals surface area contributed by atoms with E-state index in [9.17, 15) is 4.79 Å². The van der Waals surface area contributed by atoms with Gasteiger partial charge in [-0.3, -0.25) is 4.79 Å². The Morgan fingerprint density at radius 2 is 2.33 bits per heavy atom. The summed E-state index contributed by atoms with van der Waals surface area (Å²) in [5.74, 6) is 2.43. The molecule has 6 heteroatoms. The summed E-state index contributed by atoms with van der Waals surface area (Å²) in [7, 11) is 0. The molecule has 0 spiro atoms. The van der Waals surface area contributed by atoms with E-state index in [2.05, 4.69) is 21.2 Å². The zero-order valence-electron chi connectivity index (χ0n) is 11.9. The van der Waals surface area contributed by atoms with E-state index in [1.165, 1.54) is 30.3 Å². The number of terminal acetylenes is 1. The Balaban J connectivity index is 1.77. The molecular formula is C15H19ClN4O. The molecule has 21 heavy (non-hydrogen) atoms. The highest BCUT2D eigenvalue weighted by atomic mass is 35.5. The van der Waals surface area contributed by atoms with Gasteiger partial charge in [-0.1, -0.05) is 17.5 Å². The minimum Gasteiger partial charge on any atom is -0.376 e. The zero-order chi connectivity index (χ0) is 14.8. The summed E-state index contributed by atoms with van der Waals surface area (Å²) in [6, 6.07) is 0.932. The second-order valence-corrected chi connectivity index (χ2v) is 6.14. The minimum absolute atomic E-state index is 0.158. The van der Waals surface area contributed by atoms with Crippen molar-refractivity contribution >= 4 is 17.3 Å². The molecule has 3 heterocycles. The van der Waals surface area contributed by atoms with Crippen molar-refractivity contribution in [2.24, 2.45) is 0 Å². The molecule has 2 fully saturated rings. The van der Waals surface area contributed by atoms with Gasteiger partial charge in [0.2, 0.25) is 0 Å². The van der Waals surface area contributed by atoms with Crippen molar-refractivity contribution in [2.45, 2.75) is 44.3 Å². The fraction of sp³-hybridized carbons (Fsp3) is 0.600. The Bertz CT molecular complexity index is 621. The van der Waals surface area contributed by atoms with Crippen LogP contribution in [0, 0.1) is 12.3 Å². The van der Waals surface area contributed by atoms with Gasteiger partial charge in [-0.25, -0.2) is 4.68 Å². The molecule has 0 amide bonds. The maximum Gasteiger partial charge on any atom is 0.292 e. The Hall–Kier alpha value is -1.51. The monoisotopic (exact) mass is 306 g/mol. The first-order valence-corrected chi connectivity index (χ1v) is 7.76. The Morgan fingerprint density at radius 3 is 3.14 bits per heavy atom. The highest BCUT2D eigenvalue weighted by Gasteiger charge is 2.32. The Kier molecular flexibility index (Phi) is 4.18. The average molecular weight is 307 g/mol. The lowest BCUT2D eigenvalue weighted by Crippen LogP contribution is -2.43. The van der Waals surface area contributed by atoms with Crippen molar-refractivity contribution in [3.05, 3.63) is 21.6 Å². The summed E-state index contributed by atoms with van der Waals surface area (Å²) in [4.78, 5) is 14.9. The number of aromatic nitrogens is 2. The summed E-state index contributed by atoms with van der Waals surface area (Å²) in [5.41, 5.74) is 0.188. The van der Waals surface area contributed by atoms with Gasteiger partial charge >= 0.3 is 0 Å². The van der Waals surface area contributed by atoms with Crippen molar-refractivity contribution in [3.63, 3.8) is 0 Å². The van der Waals surface area contributed by atoms with Crippen LogP contribution in [-0.2, 0) is 6.54 Å². The maximum absolute atomic E-state index is 12.3. The summed E-state index contributed by atoms with van der Waals surface area (Å²) in [5, 5.41) is 7.65. The van der Waals surface area contributed by atoms with E-state index in [4.69, 9.17) is 18.0 Å². The lowest BCUT2D eigenvalue weighted by atomic mass is 9.97. The summed E-state index contributed by atoms with van der Waals surface area (Å²) < 4.78 is 1.26. The summed E-state index contributed by atoms with van der Waals surface area (Å²) in [6.45, 7) is 2.46. The largest absolute Gasteiger partial charge is 0.376 e. The van der Waals surface area contributed by atoms with E-state index in [1.807, 2.05) is 0 Å². The molecule has 3 rings (SSSR count). The van der Waals surface area contributed by atoms with Crippen molar-refractivity contribution < 1.29 is 0 Å². The van der Waals surface area contributed by atoms with Crippen molar-refractivity contribution in [3.8, 4) is 12.3 Å². The number of nitrogens with one attached hydrogen (secondary N) is 1. The molecule has 2 saturated heterocycles. The molecule has 1 aromatic rings. The standard InChI is InChI=1S/C15H19ClN4O/c1-2-6-20-15(21)14(13(16)10-17-20)18-11-5-8-19-7-3-4-12(19)9-11/h1,10-12,18H,3-9H2.